The fourth-order valence-corrected chi connectivity index (χ4v) is 2.97. The maximum absolute atomic E-state index is 13.8. The Morgan fingerprint density at radius 1 is 1.04 bits per heavy atom. The van der Waals surface area contributed by atoms with Crippen LogP contribution in [0.4, 0.5) is 8.78 Å². The highest BCUT2D eigenvalue weighted by Gasteiger charge is 2.18. The van der Waals surface area contributed by atoms with Gasteiger partial charge in [0.05, 0.1) is 24.7 Å². The molecule has 0 unspecified atom stereocenters. The molecule has 0 aliphatic heterocycles. The Kier molecular flexibility index (Phi) is 5.44. The van der Waals surface area contributed by atoms with Crippen LogP contribution in [0.2, 0.25) is 0 Å². The van der Waals surface area contributed by atoms with Crippen LogP contribution in [-0.4, -0.2) is 13.1 Å². The average Bonchev–Trinajstić information content (AvgIpc) is 2.66. The topological polar surface area (TPSA) is 65.7 Å². The van der Waals surface area contributed by atoms with E-state index in [1.54, 1.807) is 26.0 Å². The summed E-state index contributed by atoms with van der Waals surface area (Å²) >= 11 is 0. The highest BCUT2D eigenvalue weighted by Crippen LogP contribution is 2.30. The number of esters is 1. The highest BCUT2D eigenvalue weighted by atomic mass is 19.1. The lowest BCUT2D eigenvalue weighted by Crippen LogP contribution is -2.16. The Morgan fingerprint density at radius 3 is 2.36 bits per heavy atom. The summed E-state index contributed by atoms with van der Waals surface area (Å²) in [7, 11) is 1.24. The summed E-state index contributed by atoms with van der Waals surface area (Å²) in [4.78, 5) is 23.9. The van der Waals surface area contributed by atoms with Crippen LogP contribution in [0.15, 0.2) is 39.5 Å². The third-order valence-corrected chi connectivity index (χ3v) is 4.64. The summed E-state index contributed by atoms with van der Waals surface area (Å²) in [6, 6.07) is 6.89. The van der Waals surface area contributed by atoms with Crippen molar-refractivity contribution in [1.29, 1.82) is 0 Å². The van der Waals surface area contributed by atoms with Crippen molar-refractivity contribution in [3.8, 4) is 5.75 Å². The molecular weight excluding hydrogens is 370 g/mol. The maximum Gasteiger partial charge on any atom is 0.340 e. The number of methoxy groups -OCH3 is 1. The van der Waals surface area contributed by atoms with Crippen LogP contribution in [-0.2, 0) is 22.6 Å². The van der Waals surface area contributed by atoms with Crippen molar-refractivity contribution in [1.82, 2.24) is 0 Å². The van der Waals surface area contributed by atoms with Gasteiger partial charge in [0, 0.05) is 10.9 Å². The zero-order valence-electron chi connectivity index (χ0n) is 15.6. The van der Waals surface area contributed by atoms with Crippen molar-refractivity contribution in [2.75, 3.05) is 7.11 Å². The van der Waals surface area contributed by atoms with E-state index in [9.17, 15) is 18.4 Å². The Morgan fingerprint density at radius 2 is 1.71 bits per heavy atom. The molecule has 0 aliphatic carbocycles. The molecule has 5 nitrogen and oxygen atoms in total. The van der Waals surface area contributed by atoms with Crippen LogP contribution >= 0.6 is 0 Å². The number of hydrogen-bond donors (Lipinski definition) is 0. The second-order valence-electron chi connectivity index (χ2n) is 6.30. The first-order chi connectivity index (χ1) is 13.3. The van der Waals surface area contributed by atoms with Crippen molar-refractivity contribution in [3.05, 3.63) is 74.6 Å². The SMILES string of the molecule is COC(=O)Cc1c(C)c2ccc(OCc3c(F)cccc3F)c(C)c2oc1=O. The van der Waals surface area contributed by atoms with Crippen molar-refractivity contribution < 1.29 is 27.5 Å². The molecular formula is C21H18F2O5. The van der Waals surface area contributed by atoms with E-state index in [0.717, 1.165) is 12.1 Å². The average molecular weight is 388 g/mol. The molecule has 0 atom stereocenters. The van der Waals surface area contributed by atoms with Crippen LogP contribution in [0.5, 0.6) is 5.75 Å². The number of ether oxygens (including phenoxy) is 2. The van der Waals surface area contributed by atoms with Gasteiger partial charge in [-0.1, -0.05) is 6.07 Å². The molecule has 28 heavy (non-hydrogen) atoms. The lowest BCUT2D eigenvalue weighted by Gasteiger charge is -2.13. The van der Waals surface area contributed by atoms with Crippen LogP contribution in [0, 0.1) is 25.5 Å². The maximum atomic E-state index is 13.8. The molecule has 2 aromatic carbocycles. The van der Waals surface area contributed by atoms with E-state index in [0.29, 0.717) is 27.8 Å². The van der Waals surface area contributed by atoms with Crippen LogP contribution < -0.4 is 10.4 Å². The Labute approximate surface area is 159 Å². The highest BCUT2D eigenvalue weighted by molar-refractivity contribution is 5.86. The zero-order chi connectivity index (χ0) is 20.4. The van der Waals surface area contributed by atoms with Gasteiger partial charge in [0.2, 0.25) is 0 Å². The number of carbonyl (C=O) groups is 1. The number of hydrogen-bond acceptors (Lipinski definition) is 5. The molecule has 0 N–H and O–H groups in total. The molecule has 3 rings (SSSR count). The summed E-state index contributed by atoms with van der Waals surface area (Å²) in [5.74, 6) is -1.61. The third kappa shape index (κ3) is 3.60. The summed E-state index contributed by atoms with van der Waals surface area (Å²) in [6.45, 7) is 3.08. The quantitative estimate of drug-likeness (QED) is 0.489. The van der Waals surface area contributed by atoms with E-state index < -0.39 is 23.2 Å². The minimum atomic E-state index is -0.701. The predicted octanol–water partition coefficient (Wildman–Crippen LogP) is 3.98. The lowest BCUT2D eigenvalue weighted by molar-refractivity contribution is -0.139. The second-order valence-corrected chi connectivity index (χ2v) is 6.30. The van der Waals surface area contributed by atoms with Gasteiger partial charge in [-0.2, -0.15) is 0 Å². The molecule has 0 saturated carbocycles. The summed E-state index contributed by atoms with van der Waals surface area (Å²) in [5, 5.41) is 0.639. The second kappa shape index (κ2) is 7.80. The lowest BCUT2D eigenvalue weighted by atomic mass is 10.0. The minimum absolute atomic E-state index is 0.187. The van der Waals surface area contributed by atoms with Gasteiger partial charge in [-0.15, -0.1) is 0 Å². The Bertz CT molecular complexity index is 1100. The molecule has 0 bridgehead atoms. The van der Waals surface area contributed by atoms with E-state index >= 15 is 0 Å². The Hall–Kier alpha value is -3.22. The van der Waals surface area contributed by atoms with Gasteiger partial charge >= 0.3 is 11.6 Å². The molecule has 0 fully saturated rings. The van der Waals surface area contributed by atoms with Crippen molar-refractivity contribution in [2.24, 2.45) is 0 Å². The molecule has 7 heteroatoms. The van der Waals surface area contributed by atoms with Gasteiger partial charge < -0.3 is 13.9 Å². The van der Waals surface area contributed by atoms with E-state index in [1.165, 1.54) is 13.2 Å². The molecule has 1 heterocycles. The molecule has 0 spiro atoms. The summed E-state index contributed by atoms with van der Waals surface area (Å²) in [6.07, 6.45) is -0.190. The number of halogens is 2. The first-order valence-electron chi connectivity index (χ1n) is 8.51. The monoisotopic (exact) mass is 388 g/mol. The number of carbonyl (C=O) groups excluding carboxylic acids is 1. The van der Waals surface area contributed by atoms with Gasteiger partial charge in [-0.05, 0) is 43.7 Å². The van der Waals surface area contributed by atoms with Gasteiger partial charge in [0.15, 0.2) is 0 Å². The predicted molar refractivity (Wildman–Crippen MR) is 98.4 cm³/mol. The molecule has 0 radical (unpaired) electrons. The minimum Gasteiger partial charge on any atom is -0.488 e. The zero-order valence-corrected chi connectivity index (χ0v) is 15.6. The first kappa shape index (κ1) is 19.5. The van der Waals surface area contributed by atoms with E-state index in [1.807, 2.05) is 0 Å². The smallest absolute Gasteiger partial charge is 0.340 e. The number of fused-ring (bicyclic) bond motifs is 1. The van der Waals surface area contributed by atoms with Gasteiger partial charge in [-0.25, -0.2) is 13.6 Å². The standard InChI is InChI=1S/C21H18F2O5/c1-11-13-7-8-18(27-10-15-16(22)5-4-6-17(15)23)12(2)20(13)28-21(25)14(11)9-19(24)26-3/h4-8H,9-10H2,1-3H3. The molecule has 146 valence electrons. The molecule has 0 saturated heterocycles. The van der Waals surface area contributed by atoms with Crippen LogP contribution in [0.3, 0.4) is 0 Å². The normalized spacial score (nSPS) is 10.9. The largest absolute Gasteiger partial charge is 0.488 e. The summed E-state index contributed by atoms with van der Waals surface area (Å²) in [5.41, 5.74) is 0.804. The number of rotatable bonds is 5. The van der Waals surface area contributed by atoms with E-state index in [4.69, 9.17) is 9.15 Å². The first-order valence-corrected chi connectivity index (χ1v) is 8.51. The Balaban J connectivity index is 1.98. The third-order valence-electron chi connectivity index (χ3n) is 4.64. The van der Waals surface area contributed by atoms with Crippen LogP contribution in [0.25, 0.3) is 11.0 Å². The van der Waals surface area contributed by atoms with Gasteiger partial charge in [-0.3, -0.25) is 4.79 Å². The van der Waals surface area contributed by atoms with Gasteiger partial charge in [0.25, 0.3) is 0 Å². The van der Waals surface area contributed by atoms with Crippen molar-refractivity contribution in [3.63, 3.8) is 0 Å². The number of aryl methyl sites for hydroxylation is 2. The summed E-state index contributed by atoms with van der Waals surface area (Å²) < 4.78 is 43.1. The van der Waals surface area contributed by atoms with Crippen molar-refractivity contribution in [2.45, 2.75) is 26.9 Å². The van der Waals surface area contributed by atoms with Crippen molar-refractivity contribution >= 4 is 16.9 Å². The molecule has 1 aromatic heterocycles. The molecule has 3 aromatic rings. The number of benzene rings is 2. The van der Waals surface area contributed by atoms with Gasteiger partial charge in [0.1, 0.15) is 29.6 Å². The molecule has 0 aliphatic rings. The van der Waals surface area contributed by atoms with E-state index in [-0.39, 0.29) is 24.2 Å². The van der Waals surface area contributed by atoms with Crippen LogP contribution in [0.1, 0.15) is 22.3 Å². The fraction of sp³-hybridized carbons (Fsp3) is 0.238. The molecule has 0 amide bonds. The fourth-order valence-electron chi connectivity index (χ4n) is 2.97. The van der Waals surface area contributed by atoms with E-state index in [2.05, 4.69) is 4.74 Å².